The normalized spacial score (nSPS) is 10.6. The molecular weight excluding hydrogens is 206 g/mol. The van der Waals surface area contributed by atoms with Crippen molar-refractivity contribution in [3.05, 3.63) is 40.4 Å². The van der Waals surface area contributed by atoms with Crippen molar-refractivity contribution in [1.29, 1.82) is 0 Å². The molecule has 0 bridgehead atoms. The summed E-state index contributed by atoms with van der Waals surface area (Å²) in [4.78, 5) is 5.52. The van der Waals surface area contributed by atoms with Crippen LogP contribution < -0.4 is 0 Å². The van der Waals surface area contributed by atoms with Gasteiger partial charge in [0.2, 0.25) is 0 Å². The summed E-state index contributed by atoms with van der Waals surface area (Å²) >= 11 is 1.64. The van der Waals surface area contributed by atoms with Gasteiger partial charge in [-0.3, -0.25) is 0 Å². The topological polar surface area (TPSA) is 33.1 Å². The molecule has 0 aliphatic rings. The molecule has 0 spiro atoms. The molecule has 1 aromatic heterocycles. The van der Waals surface area contributed by atoms with Crippen LogP contribution in [0, 0.1) is 13.8 Å². The second-order valence-electron chi connectivity index (χ2n) is 3.49. The SMILES string of the molecule is Cc1ccccc1-c1nc(CO)c(C)s1. The van der Waals surface area contributed by atoms with E-state index in [0.717, 1.165) is 21.1 Å². The van der Waals surface area contributed by atoms with Gasteiger partial charge in [0.1, 0.15) is 5.01 Å². The maximum atomic E-state index is 9.09. The van der Waals surface area contributed by atoms with Crippen LogP contribution in [0.1, 0.15) is 16.1 Å². The van der Waals surface area contributed by atoms with Crippen LogP contribution in [-0.2, 0) is 6.61 Å². The van der Waals surface area contributed by atoms with Gasteiger partial charge in [0.05, 0.1) is 12.3 Å². The monoisotopic (exact) mass is 219 g/mol. The van der Waals surface area contributed by atoms with E-state index >= 15 is 0 Å². The Morgan fingerprint density at radius 3 is 2.60 bits per heavy atom. The van der Waals surface area contributed by atoms with E-state index in [1.54, 1.807) is 11.3 Å². The highest BCUT2D eigenvalue weighted by atomic mass is 32.1. The van der Waals surface area contributed by atoms with Gasteiger partial charge < -0.3 is 5.11 Å². The van der Waals surface area contributed by atoms with Gasteiger partial charge in [0.15, 0.2) is 0 Å². The predicted molar refractivity (Wildman–Crippen MR) is 62.9 cm³/mol. The Balaban J connectivity index is 2.50. The summed E-state index contributed by atoms with van der Waals surface area (Å²) < 4.78 is 0. The van der Waals surface area contributed by atoms with Gasteiger partial charge in [-0.05, 0) is 19.4 Å². The molecule has 0 aliphatic heterocycles. The van der Waals surface area contributed by atoms with Crippen molar-refractivity contribution in [2.75, 3.05) is 0 Å². The van der Waals surface area contributed by atoms with Crippen molar-refractivity contribution in [2.45, 2.75) is 20.5 Å². The highest BCUT2D eigenvalue weighted by Gasteiger charge is 2.09. The van der Waals surface area contributed by atoms with Gasteiger partial charge in [-0.25, -0.2) is 4.98 Å². The number of aromatic nitrogens is 1. The van der Waals surface area contributed by atoms with E-state index in [1.807, 2.05) is 19.1 Å². The van der Waals surface area contributed by atoms with Crippen LogP contribution >= 0.6 is 11.3 Å². The largest absolute Gasteiger partial charge is 0.390 e. The highest BCUT2D eigenvalue weighted by Crippen LogP contribution is 2.29. The van der Waals surface area contributed by atoms with Gasteiger partial charge in [0.25, 0.3) is 0 Å². The molecule has 3 heteroatoms. The summed E-state index contributed by atoms with van der Waals surface area (Å²) in [5, 5.41) is 10.1. The number of hydrogen-bond acceptors (Lipinski definition) is 3. The molecule has 0 amide bonds. The highest BCUT2D eigenvalue weighted by molar-refractivity contribution is 7.15. The molecular formula is C12H13NOS. The minimum absolute atomic E-state index is 0.0220. The van der Waals surface area contributed by atoms with Gasteiger partial charge >= 0.3 is 0 Å². The number of thiazole rings is 1. The zero-order valence-electron chi connectivity index (χ0n) is 8.82. The number of aliphatic hydroxyl groups excluding tert-OH is 1. The van der Waals surface area contributed by atoms with Crippen LogP contribution in [0.4, 0.5) is 0 Å². The van der Waals surface area contributed by atoms with E-state index in [2.05, 4.69) is 24.0 Å². The molecule has 2 nitrogen and oxygen atoms in total. The van der Waals surface area contributed by atoms with E-state index in [9.17, 15) is 0 Å². The average molecular weight is 219 g/mol. The molecule has 1 aromatic carbocycles. The molecule has 0 radical (unpaired) electrons. The third-order valence-corrected chi connectivity index (χ3v) is 3.46. The van der Waals surface area contributed by atoms with Crippen LogP contribution in [-0.4, -0.2) is 10.1 Å². The minimum atomic E-state index is 0.0220. The van der Waals surface area contributed by atoms with E-state index in [0.29, 0.717) is 0 Å². The third kappa shape index (κ3) is 1.94. The van der Waals surface area contributed by atoms with Gasteiger partial charge in [-0.2, -0.15) is 0 Å². The molecule has 0 fully saturated rings. The van der Waals surface area contributed by atoms with E-state index < -0.39 is 0 Å². The number of benzene rings is 1. The first-order valence-corrected chi connectivity index (χ1v) is 5.67. The van der Waals surface area contributed by atoms with Crippen LogP contribution in [0.2, 0.25) is 0 Å². The van der Waals surface area contributed by atoms with Crippen LogP contribution in [0.5, 0.6) is 0 Å². The zero-order chi connectivity index (χ0) is 10.8. The van der Waals surface area contributed by atoms with Crippen molar-refractivity contribution in [2.24, 2.45) is 0 Å². The fourth-order valence-corrected chi connectivity index (χ4v) is 2.52. The second-order valence-corrected chi connectivity index (χ2v) is 4.70. The van der Waals surface area contributed by atoms with Crippen molar-refractivity contribution in [3.8, 4) is 10.6 Å². The Hall–Kier alpha value is -1.19. The number of aliphatic hydroxyl groups is 1. The molecule has 1 heterocycles. The summed E-state index contributed by atoms with van der Waals surface area (Å²) in [7, 11) is 0. The molecule has 1 N–H and O–H groups in total. The summed E-state index contributed by atoms with van der Waals surface area (Å²) in [6, 6.07) is 8.17. The molecule has 0 atom stereocenters. The quantitative estimate of drug-likeness (QED) is 0.842. The van der Waals surface area contributed by atoms with Gasteiger partial charge in [-0.1, -0.05) is 24.3 Å². The Labute approximate surface area is 93.2 Å². The Morgan fingerprint density at radius 2 is 2.00 bits per heavy atom. The number of hydrogen-bond donors (Lipinski definition) is 1. The Bertz CT molecular complexity index is 476. The summed E-state index contributed by atoms with van der Waals surface area (Å²) in [5.74, 6) is 0. The number of aryl methyl sites for hydroxylation is 2. The minimum Gasteiger partial charge on any atom is -0.390 e. The molecule has 2 aromatic rings. The van der Waals surface area contributed by atoms with E-state index in [4.69, 9.17) is 5.11 Å². The Morgan fingerprint density at radius 1 is 1.27 bits per heavy atom. The first-order chi connectivity index (χ1) is 7.22. The number of rotatable bonds is 2. The van der Waals surface area contributed by atoms with Crippen molar-refractivity contribution < 1.29 is 5.11 Å². The molecule has 0 saturated carbocycles. The predicted octanol–water partition coefficient (Wildman–Crippen LogP) is 2.92. The summed E-state index contributed by atoms with van der Waals surface area (Å²) in [6.07, 6.45) is 0. The fourth-order valence-electron chi connectivity index (χ4n) is 1.50. The molecule has 78 valence electrons. The molecule has 0 saturated heterocycles. The summed E-state index contributed by atoms with van der Waals surface area (Å²) in [5.41, 5.74) is 3.17. The van der Waals surface area contributed by atoms with Crippen molar-refractivity contribution >= 4 is 11.3 Å². The van der Waals surface area contributed by atoms with Crippen LogP contribution in [0.3, 0.4) is 0 Å². The Kier molecular flexibility index (Phi) is 2.84. The molecule has 15 heavy (non-hydrogen) atoms. The van der Waals surface area contributed by atoms with E-state index in [1.165, 1.54) is 5.56 Å². The van der Waals surface area contributed by atoms with Crippen LogP contribution in [0.25, 0.3) is 10.6 Å². The first-order valence-electron chi connectivity index (χ1n) is 4.85. The number of nitrogens with zero attached hydrogens (tertiary/aromatic N) is 1. The first kappa shape index (κ1) is 10.3. The molecule has 2 rings (SSSR count). The fraction of sp³-hybridized carbons (Fsp3) is 0.250. The molecule has 0 aliphatic carbocycles. The maximum absolute atomic E-state index is 9.09. The average Bonchev–Trinajstić information content (AvgIpc) is 2.60. The lowest BCUT2D eigenvalue weighted by Crippen LogP contribution is -1.86. The lowest BCUT2D eigenvalue weighted by molar-refractivity contribution is 0.277. The zero-order valence-corrected chi connectivity index (χ0v) is 9.64. The second kappa shape index (κ2) is 4.13. The smallest absolute Gasteiger partial charge is 0.124 e. The van der Waals surface area contributed by atoms with Gasteiger partial charge in [0, 0.05) is 10.4 Å². The van der Waals surface area contributed by atoms with E-state index in [-0.39, 0.29) is 6.61 Å². The molecule has 0 unspecified atom stereocenters. The van der Waals surface area contributed by atoms with Crippen LogP contribution in [0.15, 0.2) is 24.3 Å². The lowest BCUT2D eigenvalue weighted by Gasteiger charge is -1.99. The van der Waals surface area contributed by atoms with Crippen molar-refractivity contribution in [1.82, 2.24) is 4.98 Å². The lowest BCUT2D eigenvalue weighted by atomic mass is 10.1. The third-order valence-electron chi connectivity index (χ3n) is 2.42. The standard InChI is InChI=1S/C12H13NOS/c1-8-5-3-4-6-10(8)12-13-11(7-14)9(2)15-12/h3-6,14H,7H2,1-2H3. The van der Waals surface area contributed by atoms with Crippen molar-refractivity contribution in [3.63, 3.8) is 0 Å². The maximum Gasteiger partial charge on any atom is 0.124 e. The summed E-state index contributed by atoms with van der Waals surface area (Å²) in [6.45, 7) is 4.09. The van der Waals surface area contributed by atoms with Gasteiger partial charge in [-0.15, -0.1) is 11.3 Å².